The highest BCUT2D eigenvalue weighted by Crippen LogP contribution is 2.31. The normalized spacial score (nSPS) is 17.2. The minimum absolute atomic E-state index is 0.00222. The van der Waals surface area contributed by atoms with Crippen LogP contribution in [-0.4, -0.2) is 64.3 Å². The smallest absolute Gasteiger partial charge is 0.475 e. The number of hydrogen-bond acceptors (Lipinski definition) is 7. The maximum absolute atomic E-state index is 12.9. The summed E-state index contributed by atoms with van der Waals surface area (Å²) in [4.78, 5) is 37.4. The number of nitrogens with zero attached hydrogens (tertiary/aromatic N) is 4. The minimum Gasteiger partial charge on any atom is -0.475 e. The largest absolute Gasteiger partial charge is 0.490 e. The molecular weight excluding hydrogens is 477 g/mol. The third-order valence-corrected chi connectivity index (χ3v) is 6.34. The maximum Gasteiger partial charge on any atom is 0.490 e. The predicted octanol–water partition coefficient (Wildman–Crippen LogP) is 3.07. The predicted molar refractivity (Wildman–Crippen MR) is 126 cm³/mol. The number of amides is 1. The molecule has 0 saturated heterocycles. The molecule has 194 valence electrons. The van der Waals surface area contributed by atoms with E-state index in [4.69, 9.17) is 14.9 Å². The van der Waals surface area contributed by atoms with Gasteiger partial charge in [0.15, 0.2) is 0 Å². The number of carboxylic acid groups (broad SMARTS) is 1. The molecule has 36 heavy (non-hydrogen) atoms. The molecule has 0 aromatic carbocycles. The fourth-order valence-corrected chi connectivity index (χ4v) is 3.86. The third kappa shape index (κ3) is 7.28. The summed E-state index contributed by atoms with van der Waals surface area (Å²) in [7, 11) is 0. The number of carboxylic acids is 1. The molecule has 3 heterocycles. The van der Waals surface area contributed by atoms with E-state index in [1.165, 1.54) is 31.2 Å². The van der Waals surface area contributed by atoms with Crippen LogP contribution in [0.2, 0.25) is 0 Å². The second-order valence-electron chi connectivity index (χ2n) is 9.33. The molecule has 2 saturated carbocycles. The van der Waals surface area contributed by atoms with Crippen molar-refractivity contribution in [3.63, 3.8) is 0 Å². The fraction of sp³-hybridized carbons (Fsp3) is 0.542. The van der Waals surface area contributed by atoms with Crippen LogP contribution < -0.4 is 15.5 Å². The van der Waals surface area contributed by atoms with Gasteiger partial charge in [0.1, 0.15) is 18.0 Å². The molecule has 2 aliphatic carbocycles. The number of fused-ring (bicyclic) bond motifs is 1. The van der Waals surface area contributed by atoms with Crippen molar-refractivity contribution in [3.05, 3.63) is 41.5 Å². The van der Waals surface area contributed by atoms with Gasteiger partial charge in [0.05, 0.1) is 5.56 Å². The first kappa shape index (κ1) is 25.6. The van der Waals surface area contributed by atoms with Gasteiger partial charge < -0.3 is 20.6 Å². The van der Waals surface area contributed by atoms with Gasteiger partial charge in [0.25, 0.3) is 5.91 Å². The van der Waals surface area contributed by atoms with Gasteiger partial charge >= 0.3 is 12.1 Å². The van der Waals surface area contributed by atoms with E-state index < -0.39 is 12.1 Å². The summed E-state index contributed by atoms with van der Waals surface area (Å²) in [6.45, 7) is 3.41. The summed E-state index contributed by atoms with van der Waals surface area (Å²) in [5.41, 5.74) is 2.97. The zero-order valence-corrected chi connectivity index (χ0v) is 19.7. The van der Waals surface area contributed by atoms with Crippen molar-refractivity contribution in [1.82, 2.24) is 20.3 Å². The molecule has 9 nitrogen and oxygen atoms in total. The van der Waals surface area contributed by atoms with Crippen molar-refractivity contribution in [3.8, 4) is 0 Å². The Bertz CT molecular complexity index is 1070. The number of aliphatic carboxylic acids is 1. The van der Waals surface area contributed by atoms with Crippen LogP contribution in [0.4, 0.5) is 24.8 Å². The minimum atomic E-state index is -5.08. The highest BCUT2D eigenvalue weighted by Gasteiger charge is 2.38. The second kappa shape index (κ2) is 11.1. The van der Waals surface area contributed by atoms with Gasteiger partial charge in [-0.2, -0.15) is 13.2 Å². The standard InChI is InChI=1S/C22H28N6O.C2HF3O2/c29-22(25-13-16-3-4-16)18-11-17-6-9-28(20-5-8-23-14-26-20)10-7-19(17)27-21(18)24-12-15-1-2-15;3-2(4,5)1(6)7/h5,8,11,14-16H,1-4,6-7,9-10,12-13H2,(H,24,27)(H,25,29);(H,6,7). The third-order valence-electron chi connectivity index (χ3n) is 6.34. The number of halogens is 3. The van der Waals surface area contributed by atoms with Crippen LogP contribution in [0.3, 0.4) is 0 Å². The number of anilines is 2. The Kier molecular flexibility index (Phi) is 7.90. The Labute approximate surface area is 206 Å². The number of rotatable bonds is 7. The monoisotopic (exact) mass is 506 g/mol. The molecule has 0 radical (unpaired) electrons. The van der Waals surface area contributed by atoms with E-state index in [2.05, 4.69) is 31.6 Å². The van der Waals surface area contributed by atoms with Crippen molar-refractivity contribution < 1.29 is 27.9 Å². The Morgan fingerprint density at radius 3 is 2.36 bits per heavy atom. The Hall–Kier alpha value is -3.44. The molecule has 1 amide bonds. The molecule has 3 aliphatic rings. The van der Waals surface area contributed by atoms with Gasteiger partial charge in [0.2, 0.25) is 0 Å². The highest BCUT2D eigenvalue weighted by molar-refractivity contribution is 5.99. The Morgan fingerprint density at radius 1 is 1.08 bits per heavy atom. The maximum atomic E-state index is 12.9. The molecular formula is C24H29F3N6O3. The lowest BCUT2D eigenvalue weighted by molar-refractivity contribution is -0.192. The molecule has 0 unspecified atom stereocenters. The summed E-state index contributed by atoms with van der Waals surface area (Å²) in [5, 5.41) is 13.7. The van der Waals surface area contributed by atoms with Crippen molar-refractivity contribution in [2.45, 2.75) is 44.7 Å². The van der Waals surface area contributed by atoms with Crippen molar-refractivity contribution in [2.75, 3.05) is 36.4 Å². The lowest BCUT2D eigenvalue weighted by Crippen LogP contribution is -2.27. The number of pyridine rings is 1. The quantitative estimate of drug-likeness (QED) is 0.524. The van der Waals surface area contributed by atoms with Crippen LogP contribution in [0.25, 0.3) is 0 Å². The lowest BCUT2D eigenvalue weighted by Gasteiger charge is -2.20. The van der Waals surface area contributed by atoms with Crippen LogP contribution in [0, 0.1) is 11.8 Å². The van der Waals surface area contributed by atoms with E-state index in [9.17, 15) is 18.0 Å². The van der Waals surface area contributed by atoms with Gasteiger partial charge in [0, 0.05) is 44.5 Å². The van der Waals surface area contributed by atoms with Gasteiger partial charge in [-0.25, -0.2) is 19.7 Å². The Balaban J connectivity index is 0.000000384. The van der Waals surface area contributed by atoms with Gasteiger partial charge in [-0.3, -0.25) is 4.79 Å². The zero-order chi connectivity index (χ0) is 25.7. The number of carbonyl (C=O) groups excluding carboxylic acids is 1. The van der Waals surface area contributed by atoms with E-state index in [-0.39, 0.29) is 5.91 Å². The molecule has 3 N–H and O–H groups in total. The lowest BCUT2D eigenvalue weighted by atomic mass is 10.0. The van der Waals surface area contributed by atoms with Crippen LogP contribution in [0.5, 0.6) is 0 Å². The van der Waals surface area contributed by atoms with Crippen molar-refractivity contribution in [1.29, 1.82) is 0 Å². The van der Waals surface area contributed by atoms with Crippen LogP contribution in [0.1, 0.15) is 47.3 Å². The van der Waals surface area contributed by atoms with Crippen LogP contribution in [0.15, 0.2) is 24.7 Å². The number of aromatic nitrogens is 3. The average Bonchev–Trinajstić information content (AvgIpc) is 3.76. The van der Waals surface area contributed by atoms with E-state index >= 15 is 0 Å². The fourth-order valence-electron chi connectivity index (χ4n) is 3.86. The topological polar surface area (TPSA) is 120 Å². The Morgan fingerprint density at radius 2 is 1.75 bits per heavy atom. The summed E-state index contributed by atoms with van der Waals surface area (Å²) < 4.78 is 31.7. The number of carbonyl (C=O) groups is 2. The number of alkyl halides is 3. The van der Waals surface area contributed by atoms with Gasteiger partial charge in [-0.05, 0) is 61.6 Å². The number of nitrogens with one attached hydrogen (secondary N) is 2. The van der Waals surface area contributed by atoms with E-state index in [1.54, 1.807) is 12.5 Å². The first-order chi connectivity index (χ1) is 17.2. The molecule has 0 atom stereocenters. The molecule has 2 aromatic heterocycles. The van der Waals surface area contributed by atoms with Crippen molar-refractivity contribution in [2.24, 2.45) is 11.8 Å². The van der Waals surface area contributed by atoms with Crippen LogP contribution >= 0.6 is 0 Å². The summed E-state index contributed by atoms with van der Waals surface area (Å²) in [5.74, 6) is 0.333. The second-order valence-corrected chi connectivity index (χ2v) is 9.33. The number of hydrogen-bond donors (Lipinski definition) is 3. The molecule has 0 spiro atoms. The molecule has 0 bridgehead atoms. The highest BCUT2D eigenvalue weighted by atomic mass is 19.4. The SMILES string of the molecule is O=C(NCC1CC1)c1cc2c(nc1NCC1CC1)CCN(c1ccncn1)CC2.O=C(O)C(F)(F)F. The van der Waals surface area contributed by atoms with E-state index in [0.29, 0.717) is 11.5 Å². The van der Waals surface area contributed by atoms with Crippen molar-refractivity contribution >= 4 is 23.5 Å². The molecule has 12 heteroatoms. The zero-order valence-electron chi connectivity index (χ0n) is 19.7. The average molecular weight is 507 g/mol. The first-order valence-electron chi connectivity index (χ1n) is 12.1. The van der Waals surface area contributed by atoms with Gasteiger partial charge in [-0.15, -0.1) is 0 Å². The van der Waals surface area contributed by atoms with E-state index in [1.807, 2.05) is 6.07 Å². The molecule has 1 aliphatic heterocycles. The molecule has 5 rings (SSSR count). The first-order valence-corrected chi connectivity index (χ1v) is 12.1. The van der Waals surface area contributed by atoms with E-state index in [0.717, 1.165) is 62.3 Å². The summed E-state index contributed by atoms with van der Waals surface area (Å²) >= 11 is 0. The van der Waals surface area contributed by atoms with Gasteiger partial charge in [-0.1, -0.05) is 0 Å². The molecule has 2 aromatic rings. The molecule has 2 fully saturated rings. The summed E-state index contributed by atoms with van der Waals surface area (Å²) in [6, 6.07) is 4.02. The summed E-state index contributed by atoms with van der Waals surface area (Å²) in [6.07, 6.45) is 5.00. The van der Waals surface area contributed by atoms with Crippen LogP contribution in [-0.2, 0) is 17.6 Å².